The van der Waals surface area contributed by atoms with Crippen LogP contribution in [0.2, 0.25) is 0 Å². The van der Waals surface area contributed by atoms with Crippen LogP contribution in [0.1, 0.15) is 24.1 Å². The molecular weight excluding hydrogens is 314 g/mol. The van der Waals surface area contributed by atoms with Crippen molar-refractivity contribution in [3.8, 4) is 0 Å². The van der Waals surface area contributed by atoms with Gasteiger partial charge in [0.05, 0.1) is 6.04 Å². The van der Waals surface area contributed by atoms with E-state index in [2.05, 4.69) is 21.2 Å². The summed E-state index contributed by atoms with van der Waals surface area (Å²) in [7, 11) is 0. The van der Waals surface area contributed by atoms with Crippen LogP contribution < -0.4 is 5.32 Å². The zero-order chi connectivity index (χ0) is 14.4. The maximum absolute atomic E-state index is 11.9. The van der Waals surface area contributed by atoms with Gasteiger partial charge in [0.2, 0.25) is 5.91 Å². The highest BCUT2D eigenvalue weighted by molar-refractivity contribution is 9.10. The van der Waals surface area contributed by atoms with E-state index in [1.807, 2.05) is 61.5 Å². The molecule has 0 spiro atoms. The molecule has 0 aliphatic rings. The van der Waals surface area contributed by atoms with Gasteiger partial charge < -0.3 is 5.32 Å². The minimum Gasteiger partial charge on any atom is -0.346 e. The SMILES string of the molecule is C[C@H](NC(=O)/C=C/c1cccc(Br)c1)c1ccccc1. The molecule has 2 rings (SSSR count). The normalized spacial score (nSPS) is 12.3. The molecule has 2 aromatic rings. The monoisotopic (exact) mass is 329 g/mol. The summed E-state index contributed by atoms with van der Waals surface area (Å²) in [5.74, 6) is -0.0960. The number of amides is 1. The molecule has 0 unspecified atom stereocenters. The first-order valence-corrected chi connectivity index (χ1v) is 7.23. The van der Waals surface area contributed by atoms with E-state index in [4.69, 9.17) is 0 Å². The molecule has 0 saturated carbocycles. The molecule has 102 valence electrons. The van der Waals surface area contributed by atoms with Gasteiger partial charge in [0.15, 0.2) is 0 Å². The quantitative estimate of drug-likeness (QED) is 0.830. The van der Waals surface area contributed by atoms with Gasteiger partial charge in [-0.3, -0.25) is 4.79 Å². The fourth-order valence-corrected chi connectivity index (χ4v) is 2.29. The lowest BCUT2D eigenvalue weighted by Crippen LogP contribution is -2.24. The summed E-state index contributed by atoms with van der Waals surface area (Å²) in [6, 6.07) is 17.7. The molecule has 20 heavy (non-hydrogen) atoms. The predicted molar refractivity (Wildman–Crippen MR) is 86.2 cm³/mol. The van der Waals surface area contributed by atoms with Gasteiger partial charge in [-0.25, -0.2) is 0 Å². The van der Waals surface area contributed by atoms with Crippen LogP contribution in [-0.4, -0.2) is 5.91 Å². The second kappa shape index (κ2) is 7.06. The molecule has 0 fully saturated rings. The Hall–Kier alpha value is -1.87. The molecule has 0 aliphatic heterocycles. The van der Waals surface area contributed by atoms with E-state index >= 15 is 0 Å². The van der Waals surface area contributed by atoms with Crippen LogP contribution in [0.3, 0.4) is 0 Å². The lowest BCUT2D eigenvalue weighted by Gasteiger charge is -2.12. The minimum absolute atomic E-state index is 0.00383. The zero-order valence-corrected chi connectivity index (χ0v) is 12.8. The van der Waals surface area contributed by atoms with Crippen LogP contribution >= 0.6 is 15.9 Å². The van der Waals surface area contributed by atoms with Crippen molar-refractivity contribution in [3.63, 3.8) is 0 Å². The van der Waals surface area contributed by atoms with Gasteiger partial charge in [0.25, 0.3) is 0 Å². The molecular formula is C17H16BrNO. The Morgan fingerprint density at radius 3 is 2.60 bits per heavy atom. The highest BCUT2D eigenvalue weighted by Gasteiger charge is 2.06. The molecule has 0 heterocycles. The first-order chi connectivity index (χ1) is 9.65. The first-order valence-electron chi connectivity index (χ1n) is 6.44. The average Bonchev–Trinajstić information content (AvgIpc) is 2.46. The smallest absolute Gasteiger partial charge is 0.244 e. The summed E-state index contributed by atoms with van der Waals surface area (Å²) in [6.45, 7) is 1.97. The summed E-state index contributed by atoms with van der Waals surface area (Å²) in [5.41, 5.74) is 2.08. The van der Waals surface area contributed by atoms with Crippen LogP contribution in [0.15, 0.2) is 65.1 Å². The summed E-state index contributed by atoms with van der Waals surface area (Å²) in [5, 5.41) is 2.94. The topological polar surface area (TPSA) is 29.1 Å². The summed E-state index contributed by atoms with van der Waals surface area (Å²) >= 11 is 3.41. The van der Waals surface area contributed by atoms with Crippen LogP contribution in [0.4, 0.5) is 0 Å². The van der Waals surface area contributed by atoms with Crippen molar-refractivity contribution in [2.45, 2.75) is 13.0 Å². The summed E-state index contributed by atoms with van der Waals surface area (Å²) < 4.78 is 0.998. The molecule has 3 heteroatoms. The van der Waals surface area contributed by atoms with Crippen molar-refractivity contribution in [1.82, 2.24) is 5.32 Å². The number of hydrogen-bond acceptors (Lipinski definition) is 1. The number of nitrogens with one attached hydrogen (secondary N) is 1. The number of benzene rings is 2. The van der Waals surface area contributed by atoms with Crippen LogP contribution in [0, 0.1) is 0 Å². The molecule has 0 radical (unpaired) electrons. The van der Waals surface area contributed by atoms with E-state index in [9.17, 15) is 4.79 Å². The Bertz CT molecular complexity index is 607. The average molecular weight is 330 g/mol. The van der Waals surface area contributed by atoms with Crippen molar-refractivity contribution < 1.29 is 4.79 Å². The van der Waals surface area contributed by atoms with E-state index in [0.717, 1.165) is 15.6 Å². The van der Waals surface area contributed by atoms with Crippen molar-refractivity contribution in [2.75, 3.05) is 0 Å². The molecule has 0 bridgehead atoms. The van der Waals surface area contributed by atoms with E-state index in [1.165, 1.54) is 0 Å². The standard InChI is InChI=1S/C17H16BrNO/c1-13(15-7-3-2-4-8-15)19-17(20)11-10-14-6-5-9-16(18)12-14/h2-13H,1H3,(H,19,20)/b11-10+/t13-/m0/s1. The van der Waals surface area contributed by atoms with Crippen LogP contribution in [0.5, 0.6) is 0 Å². The van der Waals surface area contributed by atoms with Gasteiger partial charge >= 0.3 is 0 Å². The second-order valence-electron chi connectivity index (χ2n) is 4.53. The number of hydrogen-bond donors (Lipinski definition) is 1. The lowest BCUT2D eigenvalue weighted by atomic mass is 10.1. The molecule has 2 nitrogen and oxygen atoms in total. The maximum Gasteiger partial charge on any atom is 0.244 e. The Morgan fingerprint density at radius 2 is 1.90 bits per heavy atom. The van der Waals surface area contributed by atoms with Gasteiger partial charge in [-0.05, 0) is 36.3 Å². The van der Waals surface area contributed by atoms with Crippen molar-refractivity contribution in [1.29, 1.82) is 0 Å². The van der Waals surface area contributed by atoms with Gasteiger partial charge in [-0.2, -0.15) is 0 Å². The molecule has 1 N–H and O–H groups in total. The van der Waals surface area contributed by atoms with Crippen LogP contribution in [-0.2, 0) is 4.79 Å². The predicted octanol–water partition coefficient (Wildman–Crippen LogP) is 4.34. The molecule has 0 aromatic heterocycles. The van der Waals surface area contributed by atoms with E-state index < -0.39 is 0 Å². The summed E-state index contributed by atoms with van der Waals surface area (Å²) in [4.78, 5) is 11.9. The Kier molecular flexibility index (Phi) is 5.13. The molecule has 0 saturated heterocycles. The largest absolute Gasteiger partial charge is 0.346 e. The highest BCUT2D eigenvalue weighted by Crippen LogP contribution is 2.13. The molecule has 2 aromatic carbocycles. The zero-order valence-electron chi connectivity index (χ0n) is 11.2. The molecule has 1 atom stereocenters. The number of rotatable bonds is 4. The Morgan fingerprint density at radius 1 is 1.15 bits per heavy atom. The first kappa shape index (κ1) is 14.5. The van der Waals surface area contributed by atoms with Gasteiger partial charge in [0, 0.05) is 10.5 Å². The van der Waals surface area contributed by atoms with E-state index in [-0.39, 0.29) is 11.9 Å². The van der Waals surface area contributed by atoms with Gasteiger partial charge in [-0.1, -0.05) is 58.4 Å². The number of carbonyl (C=O) groups excluding carboxylic acids is 1. The van der Waals surface area contributed by atoms with Crippen molar-refractivity contribution in [3.05, 3.63) is 76.3 Å². The third kappa shape index (κ3) is 4.35. The Balaban J connectivity index is 1.96. The fourth-order valence-electron chi connectivity index (χ4n) is 1.87. The van der Waals surface area contributed by atoms with Gasteiger partial charge in [0.1, 0.15) is 0 Å². The second-order valence-corrected chi connectivity index (χ2v) is 5.44. The third-order valence-corrected chi connectivity index (χ3v) is 3.43. The number of halogens is 1. The Labute approximate surface area is 127 Å². The fraction of sp³-hybridized carbons (Fsp3) is 0.118. The van der Waals surface area contributed by atoms with Crippen molar-refractivity contribution in [2.24, 2.45) is 0 Å². The van der Waals surface area contributed by atoms with E-state index in [0.29, 0.717) is 0 Å². The molecule has 1 amide bonds. The lowest BCUT2D eigenvalue weighted by molar-refractivity contribution is -0.117. The van der Waals surface area contributed by atoms with Crippen molar-refractivity contribution >= 4 is 27.9 Å². The summed E-state index contributed by atoms with van der Waals surface area (Å²) in [6.07, 6.45) is 3.36. The highest BCUT2D eigenvalue weighted by atomic mass is 79.9. The maximum atomic E-state index is 11.9. The number of carbonyl (C=O) groups is 1. The van der Waals surface area contributed by atoms with Gasteiger partial charge in [-0.15, -0.1) is 0 Å². The van der Waals surface area contributed by atoms with Crippen LogP contribution in [0.25, 0.3) is 6.08 Å². The molecule has 0 aliphatic carbocycles. The minimum atomic E-state index is -0.0960. The van der Waals surface area contributed by atoms with E-state index in [1.54, 1.807) is 12.2 Å². The third-order valence-electron chi connectivity index (χ3n) is 2.93.